The summed E-state index contributed by atoms with van der Waals surface area (Å²) in [6.07, 6.45) is 4.82. The van der Waals surface area contributed by atoms with Gasteiger partial charge in [-0.2, -0.15) is 0 Å². The number of ether oxygens (including phenoxy) is 1. The summed E-state index contributed by atoms with van der Waals surface area (Å²) in [5, 5.41) is 10.6. The van der Waals surface area contributed by atoms with Crippen LogP contribution in [0.4, 0.5) is 0 Å². The van der Waals surface area contributed by atoms with Crippen LogP contribution < -0.4 is 10.6 Å². The molecule has 130 valence electrons. The zero-order chi connectivity index (χ0) is 16.5. The van der Waals surface area contributed by atoms with Gasteiger partial charge in [-0.05, 0) is 31.6 Å². The van der Waals surface area contributed by atoms with Gasteiger partial charge >= 0.3 is 0 Å². The molecular weight excluding hydrogens is 292 g/mol. The van der Waals surface area contributed by atoms with Gasteiger partial charge in [-0.1, -0.05) is 19.0 Å². The van der Waals surface area contributed by atoms with Crippen LogP contribution in [0.3, 0.4) is 0 Å². The molecule has 6 nitrogen and oxygen atoms in total. The van der Waals surface area contributed by atoms with Crippen LogP contribution in [0.5, 0.6) is 0 Å². The molecule has 0 radical (unpaired) electrons. The third-order valence-corrected chi connectivity index (χ3v) is 4.22. The lowest BCUT2D eigenvalue weighted by atomic mass is 9.99. The second-order valence-corrected chi connectivity index (χ2v) is 6.10. The summed E-state index contributed by atoms with van der Waals surface area (Å²) < 4.78 is 11.0. The third-order valence-electron chi connectivity index (χ3n) is 4.22. The van der Waals surface area contributed by atoms with Gasteiger partial charge in [0, 0.05) is 32.2 Å². The van der Waals surface area contributed by atoms with Crippen molar-refractivity contribution >= 4 is 5.96 Å². The Bertz CT molecular complexity index is 479. The molecule has 0 amide bonds. The maximum Gasteiger partial charge on any atom is 0.191 e. The van der Waals surface area contributed by atoms with Crippen LogP contribution in [0.25, 0.3) is 0 Å². The van der Waals surface area contributed by atoms with Crippen molar-refractivity contribution in [2.24, 2.45) is 10.9 Å². The fraction of sp³-hybridized carbons (Fsp3) is 0.765. The molecule has 1 saturated carbocycles. The molecular formula is C17H30N4O2. The molecule has 0 atom stereocenters. The van der Waals surface area contributed by atoms with Crippen LogP contribution in [-0.4, -0.2) is 37.9 Å². The van der Waals surface area contributed by atoms with E-state index in [9.17, 15) is 0 Å². The zero-order valence-electron chi connectivity index (χ0n) is 14.6. The number of nitrogens with one attached hydrogen (secondary N) is 2. The third kappa shape index (κ3) is 6.22. The molecule has 0 unspecified atom stereocenters. The lowest BCUT2D eigenvalue weighted by molar-refractivity contribution is 0.129. The summed E-state index contributed by atoms with van der Waals surface area (Å²) in [6.45, 7) is 7.29. The van der Waals surface area contributed by atoms with Crippen LogP contribution in [0.15, 0.2) is 15.6 Å². The lowest BCUT2D eigenvalue weighted by Gasteiger charge is -2.10. The Kier molecular flexibility index (Phi) is 7.39. The summed E-state index contributed by atoms with van der Waals surface area (Å²) in [5.41, 5.74) is 1.04. The van der Waals surface area contributed by atoms with E-state index in [2.05, 4.69) is 34.6 Å². The molecule has 6 heteroatoms. The number of guanidine groups is 1. The first-order valence-electron chi connectivity index (χ1n) is 8.74. The van der Waals surface area contributed by atoms with Crippen LogP contribution in [0, 0.1) is 5.92 Å². The molecule has 1 aromatic rings. The van der Waals surface area contributed by atoms with E-state index in [1.807, 2.05) is 6.07 Å². The summed E-state index contributed by atoms with van der Waals surface area (Å²) in [6, 6.07) is 2.04. The van der Waals surface area contributed by atoms with Crippen molar-refractivity contribution < 1.29 is 9.26 Å². The minimum atomic E-state index is 0.480. The number of aliphatic imine (C=N–C) groups is 1. The maximum atomic E-state index is 5.60. The van der Waals surface area contributed by atoms with Crippen molar-refractivity contribution in [3.8, 4) is 0 Å². The van der Waals surface area contributed by atoms with Crippen molar-refractivity contribution in [1.29, 1.82) is 0 Å². The molecule has 0 aromatic carbocycles. The highest BCUT2D eigenvalue weighted by Gasteiger charge is 2.20. The van der Waals surface area contributed by atoms with Crippen LogP contribution in [0.1, 0.15) is 56.9 Å². The minimum Gasteiger partial charge on any atom is -0.379 e. The van der Waals surface area contributed by atoms with Crippen LogP contribution in [-0.2, 0) is 11.3 Å². The van der Waals surface area contributed by atoms with Crippen molar-refractivity contribution in [3.05, 3.63) is 17.5 Å². The van der Waals surface area contributed by atoms with Gasteiger partial charge in [0.05, 0.1) is 18.8 Å². The minimum absolute atomic E-state index is 0.480. The molecule has 1 aromatic heterocycles. The molecule has 1 aliphatic carbocycles. The molecule has 0 bridgehead atoms. The highest BCUT2D eigenvalue weighted by molar-refractivity contribution is 5.79. The molecule has 1 heterocycles. The average molecular weight is 322 g/mol. The summed E-state index contributed by atoms with van der Waals surface area (Å²) in [4.78, 5) is 4.20. The first-order valence-corrected chi connectivity index (χ1v) is 8.74. The first-order chi connectivity index (χ1) is 11.3. The quantitative estimate of drug-likeness (QED) is 0.394. The van der Waals surface area contributed by atoms with Crippen LogP contribution in [0.2, 0.25) is 0 Å². The molecule has 0 saturated heterocycles. The number of aromatic nitrogens is 1. The summed E-state index contributed by atoms with van der Waals surface area (Å²) >= 11 is 0. The number of hydrogen-bond acceptors (Lipinski definition) is 4. The van der Waals surface area contributed by atoms with E-state index in [1.54, 1.807) is 7.05 Å². The van der Waals surface area contributed by atoms with Gasteiger partial charge in [0.2, 0.25) is 0 Å². The molecule has 0 spiro atoms. The number of nitrogens with zero attached hydrogens (tertiary/aromatic N) is 2. The standard InChI is InChI=1S/C17H30N4O2/c1-4-14(5-2)16-10-15(23-21-16)11-20-17(18-3)19-8-9-22-12-13-6-7-13/h10,13-14H,4-9,11-12H2,1-3H3,(H2,18,19,20). The largest absolute Gasteiger partial charge is 0.379 e. The van der Waals surface area contributed by atoms with E-state index in [0.29, 0.717) is 19.1 Å². The van der Waals surface area contributed by atoms with E-state index in [1.165, 1.54) is 12.8 Å². The normalized spacial score (nSPS) is 15.2. The number of hydrogen-bond donors (Lipinski definition) is 2. The molecule has 23 heavy (non-hydrogen) atoms. The fourth-order valence-corrected chi connectivity index (χ4v) is 2.48. The molecule has 1 fully saturated rings. The van der Waals surface area contributed by atoms with E-state index >= 15 is 0 Å². The van der Waals surface area contributed by atoms with Crippen molar-refractivity contribution in [2.45, 2.75) is 52.0 Å². The van der Waals surface area contributed by atoms with E-state index < -0.39 is 0 Å². The summed E-state index contributed by atoms with van der Waals surface area (Å²) in [5.74, 6) is 2.87. The van der Waals surface area contributed by atoms with Crippen LogP contribution >= 0.6 is 0 Å². The Hall–Kier alpha value is -1.56. The van der Waals surface area contributed by atoms with Gasteiger partial charge in [-0.25, -0.2) is 0 Å². The van der Waals surface area contributed by atoms with Gasteiger partial charge in [-0.15, -0.1) is 0 Å². The SMILES string of the molecule is CCC(CC)c1cc(CNC(=NC)NCCOCC2CC2)on1. The lowest BCUT2D eigenvalue weighted by Crippen LogP contribution is -2.38. The van der Waals surface area contributed by atoms with Crippen molar-refractivity contribution in [3.63, 3.8) is 0 Å². The van der Waals surface area contributed by atoms with Gasteiger partial charge in [0.15, 0.2) is 11.7 Å². The zero-order valence-corrected chi connectivity index (χ0v) is 14.6. The van der Waals surface area contributed by atoms with Gasteiger partial charge < -0.3 is 19.9 Å². The van der Waals surface area contributed by atoms with E-state index in [4.69, 9.17) is 9.26 Å². The molecule has 0 aliphatic heterocycles. The predicted octanol–water partition coefficient (Wildman–Crippen LogP) is 2.67. The van der Waals surface area contributed by atoms with Gasteiger partial charge in [0.25, 0.3) is 0 Å². The average Bonchev–Trinajstić information content (AvgIpc) is 3.28. The van der Waals surface area contributed by atoms with Gasteiger partial charge in [-0.3, -0.25) is 4.99 Å². The van der Waals surface area contributed by atoms with Crippen molar-refractivity contribution in [1.82, 2.24) is 15.8 Å². The highest BCUT2D eigenvalue weighted by atomic mass is 16.5. The first kappa shape index (κ1) is 17.8. The fourth-order valence-electron chi connectivity index (χ4n) is 2.48. The summed E-state index contributed by atoms with van der Waals surface area (Å²) in [7, 11) is 1.76. The van der Waals surface area contributed by atoms with E-state index in [0.717, 1.165) is 49.3 Å². The molecule has 2 rings (SSSR count). The Morgan fingerprint density at radius 2 is 2.17 bits per heavy atom. The smallest absolute Gasteiger partial charge is 0.191 e. The molecule has 1 aliphatic rings. The van der Waals surface area contributed by atoms with E-state index in [-0.39, 0.29) is 0 Å². The second kappa shape index (κ2) is 9.55. The predicted molar refractivity (Wildman–Crippen MR) is 91.6 cm³/mol. The Morgan fingerprint density at radius 3 is 2.83 bits per heavy atom. The molecule has 2 N–H and O–H groups in total. The Morgan fingerprint density at radius 1 is 1.39 bits per heavy atom. The van der Waals surface area contributed by atoms with Gasteiger partial charge in [0.1, 0.15) is 0 Å². The number of rotatable bonds is 10. The Balaban J connectivity index is 1.65. The highest BCUT2D eigenvalue weighted by Crippen LogP contribution is 2.28. The monoisotopic (exact) mass is 322 g/mol. The Labute approximate surface area is 139 Å². The topological polar surface area (TPSA) is 71.7 Å². The maximum absolute atomic E-state index is 5.60. The second-order valence-electron chi connectivity index (χ2n) is 6.10. The van der Waals surface area contributed by atoms with Crippen molar-refractivity contribution in [2.75, 3.05) is 26.8 Å².